The Hall–Kier alpha value is -0.390. The highest BCUT2D eigenvalue weighted by Crippen LogP contribution is 2.07. The molecule has 1 rings (SSSR count). The molecule has 5 nitrogen and oxygen atoms in total. The number of piperazine rings is 1. The number of nitrogens with zero attached hydrogens (tertiary/aromatic N) is 2. The lowest BCUT2D eigenvalue weighted by Gasteiger charge is -2.29. The highest BCUT2D eigenvalue weighted by Gasteiger charge is 2.30. The van der Waals surface area contributed by atoms with Crippen LogP contribution < -0.4 is 5.32 Å². The molecule has 1 fully saturated rings. The van der Waals surface area contributed by atoms with Gasteiger partial charge in [-0.25, -0.2) is 0 Å². The van der Waals surface area contributed by atoms with E-state index in [0.717, 1.165) is 0 Å². The van der Waals surface area contributed by atoms with E-state index >= 15 is 0 Å². The molecule has 64 valence electrons. The quantitative estimate of drug-likeness (QED) is 0.260. The predicted octanol–water partition coefficient (Wildman–Crippen LogP) is -0.311. The minimum absolute atomic E-state index is 0.133. The van der Waals surface area contributed by atoms with Gasteiger partial charge in [-0.2, -0.15) is 0 Å². The van der Waals surface area contributed by atoms with Crippen molar-refractivity contribution in [1.82, 2.24) is 10.2 Å². The van der Waals surface area contributed by atoms with E-state index in [1.165, 1.54) is 0 Å². The molecular weight excluding hydrogens is 170 g/mol. The number of halogens is 1. The van der Waals surface area contributed by atoms with E-state index in [0.29, 0.717) is 13.1 Å². The van der Waals surface area contributed by atoms with E-state index in [-0.39, 0.29) is 10.4 Å². The van der Waals surface area contributed by atoms with E-state index < -0.39 is 6.17 Å². The van der Waals surface area contributed by atoms with Crippen molar-refractivity contribution in [3.05, 3.63) is 10.1 Å². The first kappa shape index (κ1) is 8.70. The number of hydrogen-bond acceptors (Lipinski definition) is 4. The summed E-state index contributed by atoms with van der Waals surface area (Å²) < 4.78 is 0. The number of rotatable bonds is 1. The Balaban J connectivity index is 2.46. The first-order valence-corrected chi connectivity index (χ1v) is 3.76. The SMILES string of the molecule is CN1CC([N+](=O)[O-])NCC1Cl. The van der Waals surface area contributed by atoms with Crippen molar-refractivity contribution in [3.63, 3.8) is 0 Å². The van der Waals surface area contributed by atoms with Crippen molar-refractivity contribution >= 4 is 11.6 Å². The van der Waals surface area contributed by atoms with Gasteiger partial charge in [-0.3, -0.25) is 20.3 Å². The number of likely N-dealkylation sites (N-methyl/N-ethyl adjacent to an activating group) is 1. The van der Waals surface area contributed by atoms with Crippen molar-refractivity contribution in [2.45, 2.75) is 11.7 Å². The van der Waals surface area contributed by atoms with E-state index in [2.05, 4.69) is 5.32 Å². The zero-order chi connectivity index (χ0) is 8.43. The van der Waals surface area contributed by atoms with E-state index in [9.17, 15) is 10.1 Å². The van der Waals surface area contributed by atoms with Crippen LogP contribution in [0.5, 0.6) is 0 Å². The molecule has 6 heteroatoms. The van der Waals surface area contributed by atoms with Gasteiger partial charge in [-0.05, 0) is 7.05 Å². The molecule has 0 aromatic carbocycles. The maximum absolute atomic E-state index is 10.3. The summed E-state index contributed by atoms with van der Waals surface area (Å²) in [5.74, 6) is 0. The van der Waals surface area contributed by atoms with Crippen LogP contribution in [-0.2, 0) is 0 Å². The Morgan fingerprint density at radius 2 is 2.45 bits per heavy atom. The summed E-state index contributed by atoms with van der Waals surface area (Å²) in [6, 6.07) is 0. The van der Waals surface area contributed by atoms with Crippen LogP contribution in [-0.4, -0.2) is 41.6 Å². The van der Waals surface area contributed by atoms with Crippen LogP contribution in [0.4, 0.5) is 0 Å². The van der Waals surface area contributed by atoms with Gasteiger partial charge in [-0.15, -0.1) is 11.6 Å². The molecule has 0 bridgehead atoms. The van der Waals surface area contributed by atoms with Gasteiger partial charge in [0, 0.05) is 11.5 Å². The van der Waals surface area contributed by atoms with Gasteiger partial charge in [0.05, 0.1) is 12.0 Å². The third-order valence-electron chi connectivity index (χ3n) is 1.72. The van der Waals surface area contributed by atoms with Crippen LogP contribution in [0.2, 0.25) is 0 Å². The minimum atomic E-state index is -0.671. The summed E-state index contributed by atoms with van der Waals surface area (Å²) in [6.07, 6.45) is -0.671. The molecule has 0 radical (unpaired) electrons. The van der Waals surface area contributed by atoms with E-state index in [1.54, 1.807) is 11.9 Å². The van der Waals surface area contributed by atoms with Crippen molar-refractivity contribution in [2.75, 3.05) is 20.1 Å². The van der Waals surface area contributed by atoms with Crippen molar-refractivity contribution < 1.29 is 4.92 Å². The minimum Gasteiger partial charge on any atom is -0.281 e. The van der Waals surface area contributed by atoms with Gasteiger partial charge in [0.2, 0.25) is 0 Å². The summed E-state index contributed by atoms with van der Waals surface area (Å²) in [5.41, 5.74) is -0.133. The molecule has 1 aliphatic rings. The van der Waals surface area contributed by atoms with Gasteiger partial charge < -0.3 is 0 Å². The normalized spacial score (nSPS) is 33.6. The third kappa shape index (κ3) is 2.02. The van der Waals surface area contributed by atoms with E-state index in [4.69, 9.17) is 11.6 Å². The van der Waals surface area contributed by atoms with E-state index in [1.807, 2.05) is 0 Å². The smallest absolute Gasteiger partial charge is 0.278 e. The molecule has 1 aliphatic heterocycles. The molecule has 0 aliphatic carbocycles. The van der Waals surface area contributed by atoms with Gasteiger partial charge in [-0.1, -0.05) is 0 Å². The lowest BCUT2D eigenvalue weighted by Crippen LogP contribution is -2.55. The number of hydrogen-bond donors (Lipinski definition) is 1. The standard InChI is InChI=1S/C5H10ClN3O2/c1-8-3-5(9(10)11)7-2-4(8)6/h4-5,7H,2-3H2,1H3. The second-order valence-electron chi connectivity index (χ2n) is 2.58. The fourth-order valence-corrected chi connectivity index (χ4v) is 1.15. The van der Waals surface area contributed by atoms with Crippen molar-refractivity contribution in [2.24, 2.45) is 0 Å². The third-order valence-corrected chi connectivity index (χ3v) is 2.20. The van der Waals surface area contributed by atoms with Crippen molar-refractivity contribution in [1.29, 1.82) is 0 Å². The Labute approximate surface area is 69.5 Å². The summed E-state index contributed by atoms with van der Waals surface area (Å²) in [7, 11) is 1.77. The van der Waals surface area contributed by atoms with Crippen LogP contribution in [0.25, 0.3) is 0 Å². The molecule has 0 spiro atoms. The number of nitrogens with one attached hydrogen (secondary N) is 1. The molecule has 2 unspecified atom stereocenters. The van der Waals surface area contributed by atoms with Crippen LogP contribution in [0.15, 0.2) is 0 Å². The van der Waals surface area contributed by atoms with Gasteiger partial charge in [0.1, 0.15) is 0 Å². The monoisotopic (exact) mass is 179 g/mol. The first-order chi connectivity index (χ1) is 5.11. The predicted molar refractivity (Wildman–Crippen MR) is 41.1 cm³/mol. The second kappa shape index (κ2) is 3.34. The summed E-state index contributed by atoms with van der Waals surface area (Å²) in [4.78, 5) is 11.7. The fraction of sp³-hybridized carbons (Fsp3) is 1.00. The van der Waals surface area contributed by atoms with Crippen LogP contribution in [0, 0.1) is 10.1 Å². The Kier molecular flexibility index (Phi) is 2.64. The molecule has 1 N–H and O–H groups in total. The maximum atomic E-state index is 10.3. The number of alkyl halides is 1. The largest absolute Gasteiger partial charge is 0.281 e. The molecule has 11 heavy (non-hydrogen) atoms. The Morgan fingerprint density at radius 1 is 1.82 bits per heavy atom. The molecule has 0 amide bonds. The van der Waals surface area contributed by atoms with Crippen LogP contribution in [0.3, 0.4) is 0 Å². The van der Waals surface area contributed by atoms with Crippen LogP contribution >= 0.6 is 11.6 Å². The Bertz CT molecular complexity index is 166. The fourth-order valence-electron chi connectivity index (χ4n) is 0.982. The second-order valence-corrected chi connectivity index (χ2v) is 3.09. The first-order valence-electron chi connectivity index (χ1n) is 3.32. The van der Waals surface area contributed by atoms with Gasteiger partial charge in [0.25, 0.3) is 6.17 Å². The lowest BCUT2D eigenvalue weighted by molar-refractivity contribution is -0.532. The van der Waals surface area contributed by atoms with Gasteiger partial charge in [0.15, 0.2) is 0 Å². The number of nitro groups is 1. The molecule has 0 saturated carbocycles. The van der Waals surface area contributed by atoms with Gasteiger partial charge >= 0.3 is 0 Å². The molecule has 0 aromatic heterocycles. The lowest BCUT2D eigenvalue weighted by atomic mass is 10.3. The molecule has 1 heterocycles. The zero-order valence-electron chi connectivity index (χ0n) is 6.16. The average molecular weight is 180 g/mol. The maximum Gasteiger partial charge on any atom is 0.278 e. The zero-order valence-corrected chi connectivity index (χ0v) is 6.91. The highest BCUT2D eigenvalue weighted by molar-refractivity contribution is 6.20. The summed E-state index contributed by atoms with van der Waals surface area (Å²) in [6.45, 7) is 0.824. The summed E-state index contributed by atoms with van der Waals surface area (Å²) in [5, 5.41) is 13.0. The summed E-state index contributed by atoms with van der Waals surface area (Å²) >= 11 is 5.78. The topological polar surface area (TPSA) is 58.4 Å². The molecule has 2 atom stereocenters. The highest BCUT2D eigenvalue weighted by atomic mass is 35.5. The molecule has 1 saturated heterocycles. The average Bonchev–Trinajstić information content (AvgIpc) is 1.94. The molecular formula is C5H10ClN3O2. The van der Waals surface area contributed by atoms with Crippen molar-refractivity contribution in [3.8, 4) is 0 Å². The van der Waals surface area contributed by atoms with Crippen LogP contribution in [0.1, 0.15) is 0 Å². The Morgan fingerprint density at radius 3 is 2.91 bits per heavy atom. The molecule has 0 aromatic rings.